The average molecular weight is 521 g/mol. The van der Waals surface area contributed by atoms with Gasteiger partial charge in [-0.15, -0.1) is 0 Å². The van der Waals surface area contributed by atoms with Gasteiger partial charge in [-0.05, 0) is 17.7 Å². The lowest BCUT2D eigenvalue weighted by atomic mass is 10.2. The molecule has 0 atom stereocenters. The molecule has 9 heteroatoms. The molecule has 0 saturated heterocycles. The standard InChI is InChI=1S/C28H40O9/c29-28(27-9-5-2-6-10-27)37-24-23-35-20-19-33-16-15-31-12-11-30-13-14-32-17-18-34-21-22-36-25-26-7-3-1-4-8-26/h1-10H,11-25H2. The van der Waals surface area contributed by atoms with Gasteiger partial charge in [-0.25, -0.2) is 4.79 Å². The quantitative estimate of drug-likeness (QED) is 0.153. The minimum absolute atomic E-state index is 0.209. The molecule has 37 heavy (non-hydrogen) atoms. The fraction of sp³-hybridized carbons (Fsp3) is 0.536. The lowest BCUT2D eigenvalue weighted by Gasteiger charge is -2.09. The first-order chi connectivity index (χ1) is 18.4. The van der Waals surface area contributed by atoms with Crippen LogP contribution in [0.4, 0.5) is 0 Å². The monoisotopic (exact) mass is 520 g/mol. The van der Waals surface area contributed by atoms with Crippen LogP contribution in [0.5, 0.6) is 0 Å². The zero-order valence-corrected chi connectivity index (χ0v) is 21.6. The van der Waals surface area contributed by atoms with E-state index in [1.807, 2.05) is 36.4 Å². The second kappa shape index (κ2) is 22.8. The summed E-state index contributed by atoms with van der Waals surface area (Å²) >= 11 is 0. The van der Waals surface area contributed by atoms with Gasteiger partial charge >= 0.3 is 5.97 Å². The molecule has 0 fully saturated rings. The third-order valence-electron chi connectivity index (χ3n) is 4.81. The fourth-order valence-corrected chi connectivity index (χ4v) is 2.93. The number of rotatable bonds is 24. The molecule has 0 aromatic heterocycles. The minimum Gasteiger partial charge on any atom is -0.460 e. The summed E-state index contributed by atoms with van der Waals surface area (Å²) < 4.78 is 43.3. The summed E-state index contributed by atoms with van der Waals surface area (Å²) in [6.07, 6.45) is 0. The summed E-state index contributed by atoms with van der Waals surface area (Å²) in [5.41, 5.74) is 1.69. The van der Waals surface area contributed by atoms with Crippen molar-refractivity contribution in [3.63, 3.8) is 0 Å². The normalized spacial score (nSPS) is 11.0. The van der Waals surface area contributed by atoms with E-state index in [4.69, 9.17) is 37.9 Å². The summed E-state index contributed by atoms with van der Waals surface area (Å²) in [4.78, 5) is 11.7. The molecule has 0 aliphatic rings. The highest BCUT2D eigenvalue weighted by atomic mass is 16.6. The van der Waals surface area contributed by atoms with E-state index >= 15 is 0 Å². The molecular formula is C28H40O9. The van der Waals surface area contributed by atoms with Crippen molar-refractivity contribution in [3.8, 4) is 0 Å². The SMILES string of the molecule is O=C(OCCOCCOCCOCCOCCOCCOCCOCc1ccccc1)c1ccccc1. The Kier molecular flexibility index (Phi) is 19.0. The molecule has 2 aromatic rings. The molecule has 206 valence electrons. The van der Waals surface area contributed by atoms with Crippen molar-refractivity contribution in [1.29, 1.82) is 0 Å². The van der Waals surface area contributed by atoms with Crippen LogP contribution in [0.2, 0.25) is 0 Å². The van der Waals surface area contributed by atoms with Crippen molar-refractivity contribution < 1.29 is 42.7 Å². The van der Waals surface area contributed by atoms with Gasteiger partial charge in [0.1, 0.15) is 6.61 Å². The molecule has 9 nitrogen and oxygen atoms in total. The fourth-order valence-electron chi connectivity index (χ4n) is 2.93. The summed E-state index contributed by atoms with van der Waals surface area (Å²) in [5.74, 6) is -0.351. The van der Waals surface area contributed by atoms with Crippen molar-refractivity contribution in [1.82, 2.24) is 0 Å². The molecule has 0 bridgehead atoms. The van der Waals surface area contributed by atoms with E-state index < -0.39 is 0 Å². The largest absolute Gasteiger partial charge is 0.460 e. The Morgan fingerprint density at radius 1 is 0.432 bits per heavy atom. The highest BCUT2D eigenvalue weighted by molar-refractivity contribution is 5.89. The van der Waals surface area contributed by atoms with Gasteiger partial charge in [0.05, 0.1) is 98.1 Å². The highest BCUT2D eigenvalue weighted by Gasteiger charge is 2.05. The predicted molar refractivity (Wildman–Crippen MR) is 138 cm³/mol. The van der Waals surface area contributed by atoms with Gasteiger partial charge in [0.15, 0.2) is 0 Å². The molecule has 0 unspecified atom stereocenters. The van der Waals surface area contributed by atoms with Gasteiger partial charge in [0, 0.05) is 0 Å². The number of benzene rings is 2. The van der Waals surface area contributed by atoms with E-state index in [-0.39, 0.29) is 12.6 Å². The number of carbonyl (C=O) groups is 1. The van der Waals surface area contributed by atoms with Crippen molar-refractivity contribution in [2.75, 3.05) is 92.5 Å². The van der Waals surface area contributed by atoms with Crippen LogP contribution >= 0.6 is 0 Å². The van der Waals surface area contributed by atoms with Crippen LogP contribution < -0.4 is 0 Å². The summed E-state index contributed by atoms with van der Waals surface area (Å²) in [7, 11) is 0. The molecule has 0 aliphatic carbocycles. The van der Waals surface area contributed by atoms with E-state index in [9.17, 15) is 4.79 Å². The predicted octanol–water partition coefficient (Wildman–Crippen LogP) is 3.16. The van der Waals surface area contributed by atoms with Crippen molar-refractivity contribution in [3.05, 3.63) is 71.8 Å². The molecule has 2 rings (SSSR count). The van der Waals surface area contributed by atoms with Gasteiger partial charge in [-0.2, -0.15) is 0 Å². The van der Waals surface area contributed by atoms with E-state index in [1.165, 1.54) is 0 Å². The summed E-state index contributed by atoms with van der Waals surface area (Å²) in [5, 5.41) is 0. The molecule has 0 spiro atoms. The third kappa shape index (κ3) is 17.7. The second-order valence-corrected chi connectivity index (χ2v) is 7.71. The molecule has 2 aromatic carbocycles. The van der Waals surface area contributed by atoms with Crippen LogP contribution in [0.1, 0.15) is 15.9 Å². The molecule has 0 radical (unpaired) electrons. The first-order valence-electron chi connectivity index (χ1n) is 12.7. The van der Waals surface area contributed by atoms with E-state index in [0.29, 0.717) is 98.1 Å². The number of hydrogen-bond acceptors (Lipinski definition) is 9. The summed E-state index contributed by atoms with van der Waals surface area (Å²) in [6.45, 7) is 7.18. The molecule has 0 saturated carbocycles. The van der Waals surface area contributed by atoms with Crippen molar-refractivity contribution in [2.24, 2.45) is 0 Å². The van der Waals surface area contributed by atoms with Crippen LogP contribution in [-0.2, 0) is 44.5 Å². The van der Waals surface area contributed by atoms with Crippen LogP contribution in [0, 0.1) is 0 Å². The second-order valence-electron chi connectivity index (χ2n) is 7.71. The first kappa shape index (κ1) is 30.9. The number of esters is 1. The zero-order valence-electron chi connectivity index (χ0n) is 21.6. The Labute approximate surface area is 219 Å². The minimum atomic E-state index is -0.351. The van der Waals surface area contributed by atoms with Crippen LogP contribution in [0.15, 0.2) is 60.7 Å². The maximum absolute atomic E-state index is 11.7. The number of hydrogen-bond donors (Lipinski definition) is 0. The molecule has 0 amide bonds. The molecule has 0 N–H and O–H groups in total. The van der Waals surface area contributed by atoms with Crippen LogP contribution in [0.3, 0.4) is 0 Å². The average Bonchev–Trinajstić information content (AvgIpc) is 2.94. The topological polar surface area (TPSA) is 90.9 Å². The van der Waals surface area contributed by atoms with Crippen molar-refractivity contribution >= 4 is 5.97 Å². The lowest BCUT2D eigenvalue weighted by Crippen LogP contribution is -2.15. The highest BCUT2D eigenvalue weighted by Crippen LogP contribution is 2.01. The Bertz CT molecular complexity index is 774. The third-order valence-corrected chi connectivity index (χ3v) is 4.81. The Balaban J connectivity index is 1.20. The lowest BCUT2D eigenvalue weighted by molar-refractivity contribution is -0.0228. The van der Waals surface area contributed by atoms with Gasteiger partial charge in [-0.1, -0.05) is 48.5 Å². The van der Waals surface area contributed by atoms with E-state index in [0.717, 1.165) is 5.56 Å². The smallest absolute Gasteiger partial charge is 0.338 e. The summed E-state index contributed by atoms with van der Waals surface area (Å²) in [6, 6.07) is 18.9. The first-order valence-corrected chi connectivity index (χ1v) is 12.7. The maximum Gasteiger partial charge on any atom is 0.338 e. The Morgan fingerprint density at radius 3 is 1.22 bits per heavy atom. The zero-order chi connectivity index (χ0) is 26.1. The van der Waals surface area contributed by atoms with E-state index in [2.05, 4.69) is 0 Å². The number of carbonyl (C=O) groups excluding carboxylic acids is 1. The van der Waals surface area contributed by atoms with Gasteiger partial charge in [0.25, 0.3) is 0 Å². The van der Waals surface area contributed by atoms with Gasteiger partial charge in [0.2, 0.25) is 0 Å². The van der Waals surface area contributed by atoms with Gasteiger partial charge in [-0.3, -0.25) is 0 Å². The molecule has 0 aliphatic heterocycles. The maximum atomic E-state index is 11.7. The van der Waals surface area contributed by atoms with E-state index in [1.54, 1.807) is 24.3 Å². The van der Waals surface area contributed by atoms with Crippen LogP contribution in [-0.4, -0.2) is 98.5 Å². The molecular weight excluding hydrogens is 480 g/mol. The molecule has 0 heterocycles. The number of ether oxygens (including phenoxy) is 8. The van der Waals surface area contributed by atoms with Gasteiger partial charge < -0.3 is 37.9 Å². The van der Waals surface area contributed by atoms with Crippen LogP contribution in [0.25, 0.3) is 0 Å². The Hall–Kier alpha value is -2.37. The Morgan fingerprint density at radius 2 is 0.784 bits per heavy atom. The van der Waals surface area contributed by atoms with Crippen molar-refractivity contribution in [2.45, 2.75) is 6.61 Å².